The van der Waals surface area contributed by atoms with Gasteiger partial charge in [-0.2, -0.15) is 0 Å². The van der Waals surface area contributed by atoms with Crippen LogP contribution >= 0.6 is 0 Å². The topological polar surface area (TPSA) is 23.5 Å². The second-order valence-electron chi connectivity index (χ2n) is 4.58. The summed E-state index contributed by atoms with van der Waals surface area (Å²) >= 11 is 0. The molecule has 0 saturated carbocycles. The molecule has 0 heterocycles. The molecule has 0 aliphatic rings. The maximum Gasteiger partial charge on any atom is 0.0443 e. The maximum atomic E-state index is 8.92. The molecule has 2 aromatic rings. The Bertz CT molecular complexity index is 490. The van der Waals surface area contributed by atoms with Gasteiger partial charge in [-0.3, -0.25) is 4.90 Å². The predicted molar refractivity (Wildman–Crippen MR) is 76.6 cm³/mol. The van der Waals surface area contributed by atoms with Crippen LogP contribution in [-0.4, -0.2) is 29.7 Å². The van der Waals surface area contributed by atoms with E-state index in [4.69, 9.17) is 5.11 Å². The minimum absolute atomic E-state index is 0.270. The van der Waals surface area contributed by atoms with E-state index in [0.29, 0.717) is 0 Å². The SMILES string of the molecule is CCN(CCCO)Cc1cccc2ccccc12. The molecule has 0 amide bonds. The average Bonchev–Trinajstić information content (AvgIpc) is 2.43. The fourth-order valence-electron chi connectivity index (χ4n) is 2.31. The molecule has 96 valence electrons. The van der Waals surface area contributed by atoms with Crippen molar-refractivity contribution in [2.24, 2.45) is 0 Å². The van der Waals surface area contributed by atoms with Gasteiger partial charge < -0.3 is 5.11 Å². The third-order valence-electron chi connectivity index (χ3n) is 3.35. The lowest BCUT2D eigenvalue weighted by molar-refractivity contribution is 0.226. The first-order chi connectivity index (χ1) is 8.85. The number of rotatable bonds is 6. The molecular weight excluding hydrogens is 222 g/mol. The minimum atomic E-state index is 0.270. The van der Waals surface area contributed by atoms with Crippen molar-refractivity contribution in [3.8, 4) is 0 Å². The molecule has 0 bridgehead atoms. The van der Waals surface area contributed by atoms with E-state index < -0.39 is 0 Å². The van der Waals surface area contributed by atoms with Crippen molar-refractivity contribution in [3.63, 3.8) is 0 Å². The van der Waals surface area contributed by atoms with Crippen LogP contribution in [0, 0.1) is 0 Å². The van der Waals surface area contributed by atoms with Gasteiger partial charge in [0, 0.05) is 19.7 Å². The molecule has 0 radical (unpaired) electrons. The summed E-state index contributed by atoms with van der Waals surface area (Å²) in [7, 11) is 0. The number of aliphatic hydroxyl groups is 1. The molecule has 0 aromatic heterocycles. The second-order valence-corrected chi connectivity index (χ2v) is 4.58. The number of benzene rings is 2. The number of aliphatic hydroxyl groups excluding tert-OH is 1. The lowest BCUT2D eigenvalue weighted by atomic mass is 10.0. The van der Waals surface area contributed by atoms with Crippen LogP contribution in [0.25, 0.3) is 10.8 Å². The van der Waals surface area contributed by atoms with Crippen molar-refractivity contribution >= 4 is 10.8 Å². The zero-order chi connectivity index (χ0) is 12.8. The van der Waals surface area contributed by atoms with Gasteiger partial charge in [0.25, 0.3) is 0 Å². The van der Waals surface area contributed by atoms with Crippen LogP contribution in [0.2, 0.25) is 0 Å². The number of hydrogen-bond donors (Lipinski definition) is 1. The number of nitrogens with zero attached hydrogens (tertiary/aromatic N) is 1. The Morgan fingerprint density at radius 3 is 2.61 bits per heavy atom. The minimum Gasteiger partial charge on any atom is -0.396 e. The number of fused-ring (bicyclic) bond motifs is 1. The first-order valence-electron chi connectivity index (χ1n) is 6.65. The van der Waals surface area contributed by atoms with E-state index in [1.165, 1.54) is 16.3 Å². The quantitative estimate of drug-likeness (QED) is 0.843. The zero-order valence-electron chi connectivity index (χ0n) is 11.0. The predicted octanol–water partition coefficient (Wildman–Crippen LogP) is 3.04. The summed E-state index contributed by atoms with van der Waals surface area (Å²) in [4.78, 5) is 2.37. The molecule has 2 nitrogen and oxygen atoms in total. The van der Waals surface area contributed by atoms with Gasteiger partial charge in [0.05, 0.1) is 0 Å². The Balaban J connectivity index is 2.19. The molecular formula is C16H21NO. The largest absolute Gasteiger partial charge is 0.396 e. The van der Waals surface area contributed by atoms with Gasteiger partial charge >= 0.3 is 0 Å². The second kappa shape index (κ2) is 6.53. The van der Waals surface area contributed by atoms with Crippen molar-refractivity contribution in [1.82, 2.24) is 4.90 Å². The summed E-state index contributed by atoms with van der Waals surface area (Å²) in [5.41, 5.74) is 1.37. The van der Waals surface area contributed by atoms with Crippen LogP contribution in [-0.2, 0) is 6.54 Å². The first kappa shape index (κ1) is 13.1. The normalized spacial score (nSPS) is 11.3. The van der Waals surface area contributed by atoms with Gasteiger partial charge in [0.2, 0.25) is 0 Å². The lowest BCUT2D eigenvalue weighted by Crippen LogP contribution is -2.24. The molecule has 0 aliphatic heterocycles. The first-order valence-corrected chi connectivity index (χ1v) is 6.65. The van der Waals surface area contributed by atoms with Gasteiger partial charge in [-0.1, -0.05) is 49.4 Å². The Morgan fingerprint density at radius 1 is 1.06 bits per heavy atom. The molecule has 0 fully saturated rings. The lowest BCUT2D eigenvalue weighted by Gasteiger charge is -2.20. The van der Waals surface area contributed by atoms with Crippen LogP contribution in [0.15, 0.2) is 42.5 Å². The highest BCUT2D eigenvalue weighted by Crippen LogP contribution is 2.19. The summed E-state index contributed by atoms with van der Waals surface area (Å²) in [5, 5.41) is 11.6. The molecule has 0 atom stereocenters. The van der Waals surface area contributed by atoms with Crippen LogP contribution in [0.5, 0.6) is 0 Å². The Labute approximate surface area is 109 Å². The van der Waals surface area contributed by atoms with Crippen molar-refractivity contribution in [3.05, 3.63) is 48.0 Å². The highest BCUT2D eigenvalue weighted by Gasteiger charge is 2.06. The van der Waals surface area contributed by atoms with Gasteiger partial charge in [0.1, 0.15) is 0 Å². The fraction of sp³-hybridized carbons (Fsp3) is 0.375. The number of hydrogen-bond acceptors (Lipinski definition) is 2. The molecule has 0 spiro atoms. The van der Waals surface area contributed by atoms with E-state index in [9.17, 15) is 0 Å². The Morgan fingerprint density at radius 2 is 1.83 bits per heavy atom. The Kier molecular flexibility index (Phi) is 4.73. The third kappa shape index (κ3) is 3.09. The summed E-state index contributed by atoms with van der Waals surface area (Å²) < 4.78 is 0. The van der Waals surface area contributed by atoms with Crippen LogP contribution in [0.1, 0.15) is 18.9 Å². The summed E-state index contributed by atoms with van der Waals surface area (Å²) in [5.74, 6) is 0. The third-order valence-corrected chi connectivity index (χ3v) is 3.35. The average molecular weight is 243 g/mol. The van der Waals surface area contributed by atoms with Crippen molar-refractivity contribution < 1.29 is 5.11 Å². The highest BCUT2D eigenvalue weighted by atomic mass is 16.3. The van der Waals surface area contributed by atoms with Gasteiger partial charge in [-0.05, 0) is 29.3 Å². The summed E-state index contributed by atoms with van der Waals surface area (Å²) in [6.45, 7) is 5.37. The standard InChI is InChI=1S/C16H21NO/c1-2-17(11-6-12-18)13-15-9-5-8-14-7-3-4-10-16(14)15/h3-5,7-10,18H,2,6,11-13H2,1H3. The monoisotopic (exact) mass is 243 g/mol. The molecule has 0 aliphatic carbocycles. The van der Waals surface area contributed by atoms with E-state index in [1.54, 1.807) is 0 Å². The Hall–Kier alpha value is -1.38. The van der Waals surface area contributed by atoms with Gasteiger partial charge in [0.15, 0.2) is 0 Å². The molecule has 2 heteroatoms. The van der Waals surface area contributed by atoms with Crippen molar-refractivity contribution in [2.75, 3.05) is 19.7 Å². The van der Waals surface area contributed by atoms with Gasteiger partial charge in [-0.15, -0.1) is 0 Å². The molecule has 0 saturated heterocycles. The van der Waals surface area contributed by atoms with Crippen molar-refractivity contribution in [2.45, 2.75) is 19.9 Å². The molecule has 0 unspecified atom stereocenters. The molecule has 2 rings (SSSR count). The summed E-state index contributed by atoms with van der Waals surface area (Å²) in [6.07, 6.45) is 0.846. The molecule has 2 aromatic carbocycles. The summed E-state index contributed by atoms with van der Waals surface area (Å²) in [6, 6.07) is 15.0. The van der Waals surface area contributed by atoms with Crippen LogP contribution < -0.4 is 0 Å². The molecule has 18 heavy (non-hydrogen) atoms. The van der Waals surface area contributed by atoms with E-state index in [1.807, 2.05) is 0 Å². The smallest absolute Gasteiger partial charge is 0.0443 e. The van der Waals surface area contributed by atoms with E-state index >= 15 is 0 Å². The molecule has 1 N–H and O–H groups in total. The van der Waals surface area contributed by atoms with E-state index in [0.717, 1.165) is 26.1 Å². The van der Waals surface area contributed by atoms with E-state index in [-0.39, 0.29) is 6.61 Å². The fourth-order valence-corrected chi connectivity index (χ4v) is 2.31. The van der Waals surface area contributed by atoms with Crippen LogP contribution in [0.3, 0.4) is 0 Å². The van der Waals surface area contributed by atoms with Crippen LogP contribution in [0.4, 0.5) is 0 Å². The van der Waals surface area contributed by atoms with Gasteiger partial charge in [-0.25, -0.2) is 0 Å². The maximum absolute atomic E-state index is 8.92. The van der Waals surface area contributed by atoms with E-state index in [2.05, 4.69) is 54.3 Å². The van der Waals surface area contributed by atoms with Crippen molar-refractivity contribution in [1.29, 1.82) is 0 Å². The highest BCUT2D eigenvalue weighted by molar-refractivity contribution is 5.85. The zero-order valence-corrected chi connectivity index (χ0v) is 11.0.